The number of hydrogen-bond acceptors (Lipinski definition) is 4. The Morgan fingerprint density at radius 2 is 2.10 bits per heavy atom. The minimum absolute atomic E-state index is 0.104. The number of nitrogens with zero attached hydrogens (tertiary/aromatic N) is 1. The van der Waals surface area contributed by atoms with E-state index < -0.39 is 0 Å². The second kappa shape index (κ2) is 5.09. The van der Waals surface area contributed by atoms with E-state index in [1.54, 1.807) is 6.07 Å². The van der Waals surface area contributed by atoms with Gasteiger partial charge >= 0.3 is 0 Å². The van der Waals surface area contributed by atoms with E-state index in [1.807, 2.05) is 39.0 Å². The number of carbonyl (C=O) groups excluding carboxylic acids is 1. The Morgan fingerprint density at radius 3 is 2.86 bits per heavy atom. The molecule has 0 aliphatic heterocycles. The number of aromatic nitrogens is 1. The molecule has 0 aliphatic rings. The van der Waals surface area contributed by atoms with Crippen molar-refractivity contribution in [3.8, 4) is 0 Å². The lowest BCUT2D eigenvalue weighted by Gasteiger charge is -2.06. The number of anilines is 1. The highest BCUT2D eigenvalue weighted by Crippen LogP contribution is 2.24. The van der Waals surface area contributed by atoms with E-state index in [0.717, 1.165) is 16.7 Å². The van der Waals surface area contributed by atoms with Crippen molar-refractivity contribution in [2.45, 2.75) is 26.7 Å². The molecule has 0 radical (unpaired) electrons. The van der Waals surface area contributed by atoms with E-state index >= 15 is 0 Å². The maximum absolute atomic E-state index is 12.3. The number of fused-ring (bicyclic) bond motifs is 1. The molecule has 0 bridgehead atoms. The zero-order valence-electron chi connectivity index (χ0n) is 12.1. The predicted octanol–water partition coefficient (Wildman–Crippen LogP) is 4.10. The number of aryl methyl sites for hydroxylation is 1. The Labute approximate surface area is 122 Å². The summed E-state index contributed by atoms with van der Waals surface area (Å²) in [7, 11) is 0. The Kier molecular flexibility index (Phi) is 3.25. The van der Waals surface area contributed by atoms with Crippen molar-refractivity contribution in [2.24, 2.45) is 0 Å². The van der Waals surface area contributed by atoms with E-state index in [-0.39, 0.29) is 11.8 Å². The molecule has 0 spiro atoms. The van der Waals surface area contributed by atoms with E-state index in [4.69, 9.17) is 8.83 Å². The zero-order chi connectivity index (χ0) is 15.0. The summed E-state index contributed by atoms with van der Waals surface area (Å²) in [5.41, 5.74) is 1.83. The molecule has 3 aromatic rings. The van der Waals surface area contributed by atoms with Crippen LogP contribution in [-0.4, -0.2) is 10.9 Å². The van der Waals surface area contributed by atoms with Crippen molar-refractivity contribution >= 4 is 22.6 Å². The SMILES string of the molecule is Cc1cc2cc(NC(=O)c3ncoc3C(C)C)ccc2o1. The van der Waals surface area contributed by atoms with Crippen LogP contribution in [0.25, 0.3) is 11.0 Å². The summed E-state index contributed by atoms with van der Waals surface area (Å²) in [6.45, 7) is 5.80. The maximum atomic E-state index is 12.3. The Bertz CT molecular complexity index is 799. The fourth-order valence-electron chi connectivity index (χ4n) is 2.28. The number of amides is 1. The zero-order valence-corrected chi connectivity index (χ0v) is 12.1. The number of furan rings is 1. The molecule has 3 rings (SSSR count). The second-order valence-corrected chi connectivity index (χ2v) is 5.28. The highest BCUT2D eigenvalue weighted by molar-refractivity contribution is 6.04. The van der Waals surface area contributed by atoms with Gasteiger partial charge in [0.1, 0.15) is 17.1 Å². The number of hydrogen-bond donors (Lipinski definition) is 1. The predicted molar refractivity (Wildman–Crippen MR) is 79.5 cm³/mol. The van der Waals surface area contributed by atoms with Crippen LogP contribution in [0.3, 0.4) is 0 Å². The molecule has 0 aliphatic carbocycles. The van der Waals surface area contributed by atoms with Gasteiger partial charge in [-0.25, -0.2) is 4.98 Å². The summed E-state index contributed by atoms with van der Waals surface area (Å²) >= 11 is 0. The summed E-state index contributed by atoms with van der Waals surface area (Å²) in [6, 6.07) is 7.45. The average molecular weight is 284 g/mol. The molecule has 0 atom stereocenters. The lowest BCUT2D eigenvalue weighted by molar-refractivity contribution is 0.102. The van der Waals surface area contributed by atoms with Crippen molar-refractivity contribution in [1.82, 2.24) is 4.98 Å². The third-order valence-corrected chi connectivity index (χ3v) is 3.23. The van der Waals surface area contributed by atoms with Crippen LogP contribution in [0.2, 0.25) is 0 Å². The van der Waals surface area contributed by atoms with Crippen LogP contribution in [-0.2, 0) is 0 Å². The molecule has 2 aromatic heterocycles. The van der Waals surface area contributed by atoms with Gasteiger partial charge in [-0.15, -0.1) is 0 Å². The molecular formula is C16H16N2O3. The van der Waals surface area contributed by atoms with E-state index in [0.29, 0.717) is 17.1 Å². The summed E-state index contributed by atoms with van der Waals surface area (Å²) in [5.74, 6) is 1.26. The van der Waals surface area contributed by atoms with Crippen LogP contribution in [0.5, 0.6) is 0 Å². The van der Waals surface area contributed by atoms with Gasteiger partial charge in [-0.05, 0) is 31.2 Å². The topological polar surface area (TPSA) is 68.3 Å². The summed E-state index contributed by atoms with van der Waals surface area (Å²) in [5, 5.41) is 3.79. The van der Waals surface area contributed by atoms with Crippen LogP contribution < -0.4 is 5.32 Å². The van der Waals surface area contributed by atoms with Gasteiger partial charge in [-0.3, -0.25) is 4.79 Å². The van der Waals surface area contributed by atoms with Crippen LogP contribution in [0, 0.1) is 6.92 Å². The molecule has 1 aromatic carbocycles. The number of benzene rings is 1. The molecule has 0 fully saturated rings. The first-order chi connectivity index (χ1) is 10.0. The minimum atomic E-state index is -0.271. The third-order valence-electron chi connectivity index (χ3n) is 3.23. The Balaban J connectivity index is 1.87. The first kappa shape index (κ1) is 13.4. The quantitative estimate of drug-likeness (QED) is 0.786. The van der Waals surface area contributed by atoms with Gasteiger partial charge in [0.15, 0.2) is 12.1 Å². The lowest BCUT2D eigenvalue weighted by atomic mass is 10.1. The fourth-order valence-corrected chi connectivity index (χ4v) is 2.28. The monoisotopic (exact) mass is 284 g/mol. The number of rotatable bonds is 3. The summed E-state index contributed by atoms with van der Waals surface area (Å²) in [6.07, 6.45) is 1.30. The molecule has 0 saturated heterocycles. The number of carbonyl (C=O) groups is 1. The molecule has 0 unspecified atom stereocenters. The standard InChI is InChI=1S/C16H16N2O3/c1-9(2)15-14(17-8-20-15)16(19)18-12-4-5-13-11(7-12)6-10(3)21-13/h4-9H,1-3H3,(H,18,19). The molecule has 1 amide bonds. The smallest absolute Gasteiger partial charge is 0.277 e. The number of oxazole rings is 1. The molecule has 0 saturated carbocycles. The Morgan fingerprint density at radius 1 is 1.29 bits per heavy atom. The molecule has 1 N–H and O–H groups in total. The van der Waals surface area contributed by atoms with Crippen LogP contribution in [0.15, 0.2) is 39.5 Å². The van der Waals surface area contributed by atoms with Gasteiger partial charge < -0.3 is 14.2 Å². The van der Waals surface area contributed by atoms with E-state index in [9.17, 15) is 4.79 Å². The van der Waals surface area contributed by atoms with Gasteiger partial charge in [0.25, 0.3) is 5.91 Å². The van der Waals surface area contributed by atoms with Gasteiger partial charge in [-0.1, -0.05) is 13.8 Å². The van der Waals surface area contributed by atoms with E-state index in [1.165, 1.54) is 6.39 Å². The highest BCUT2D eigenvalue weighted by atomic mass is 16.3. The minimum Gasteiger partial charge on any atom is -0.461 e. The molecular weight excluding hydrogens is 268 g/mol. The Hall–Kier alpha value is -2.56. The second-order valence-electron chi connectivity index (χ2n) is 5.28. The van der Waals surface area contributed by atoms with Gasteiger partial charge in [-0.2, -0.15) is 0 Å². The van der Waals surface area contributed by atoms with Crippen molar-refractivity contribution in [1.29, 1.82) is 0 Å². The maximum Gasteiger partial charge on any atom is 0.277 e. The summed E-state index contributed by atoms with van der Waals surface area (Å²) in [4.78, 5) is 16.3. The van der Waals surface area contributed by atoms with Crippen molar-refractivity contribution in [3.63, 3.8) is 0 Å². The molecule has 108 valence electrons. The van der Waals surface area contributed by atoms with Crippen LogP contribution >= 0.6 is 0 Å². The lowest BCUT2D eigenvalue weighted by Crippen LogP contribution is -2.14. The van der Waals surface area contributed by atoms with Crippen molar-refractivity contribution in [2.75, 3.05) is 5.32 Å². The third kappa shape index (κ3) is 2.54. The highest BCUT2D eigenvalue weighted by Gasteiger charge is 2.19. The molecule has 5 nitrogen and oxygen atoms in total. The number of nitrogens with one attached hydrogen (secondary N) is 1. The molecule has 5 heteroatoms. The van der Waals surface area contributed by atoms with Gasteiger partial charge in [0.2, 0.25) is 0 Å². The summed E-state index contributed by atoms with van der Waals surface area (Å²) < 4.78 is 10.8. The normalized spacial score (nSPS) is 11.2. The van der Waals surface area contributed by atoms with Crippen LogP contribution in [0.4, 0.5) is 5.69 Å². The van der Waals surface area contributed by atoms with Crippen molar-refractivity contribution in [3.05, 3.63) is 47.9 Å². The molecule has 2 heterocycles. The first-order valence-corrected chi connectivity index (χ1v) is 6.79. The van der Waals surface area contributed by atoms with Gasteiger partial charge in [0, 0.05) is 17.0 Å². The van der Waals surface area contributed by atoms with Crippen molar-refractivity contribution < 1.29 is 13.6 Å². The van der Waals surface area contributed by atoms with E-state index in [2.05, 4.69) is 10.3 Å². The molecule has 21 heavy (non-hydrogen) atoms. The van der Waals surface area contributed by atoms with Gasteiger partial charge in [0.05, 0.1) is 0 Å². The fraction of sp³-hybridized carbons (Fsp3) is 0.250. The van der Waals surface area contributed by atoms with Crippen LogP contribution in [0.1, 0.15) is 41.8 Å². The average Bonchev–Trinajstić information content (AvgIpc) is 3.03. The largest absolute Gasteiger partial charge is 0.461 e. The first-order valence-electron chi connectivity index (χ1n) is 6.79.